The Morgan fingerprint density at radius 1 is 1.25 bits per heavy atom. The Labute approximate surface area is 97.0 Å². The third-order valence-corrected chi connectivity index (χ3v) is 3.77. The Morgan fingerprint density at radius 2 is 2.19 bits per heavy atom. The van der Waals surface area contributed by atoms with Crippen LogP contribution in [0.5, 0.6) is 0 Å². The molecular weight excluding hydrogens is 198 g/mol. The Morgan fingerprint density at radius 3 is 3.06 bits per heavy atom. The van der Waals surface area contributed by atoms with Gasteiger partial charge in [0, 0.05) is 19.2 Å². The Balaban J connectivity index is 1.60. The van der Waals surface area contributed by atoms with Crippen molar-refractivity contribution in [3.8, 4) is 0 Å². The van der Waals surface area contributed by atoms with Crippen molar-refractivity contribution in [3.63, 3.8) is 0 Å². The molecule has 2 heteroatoms. The summed E-state index contributed by atoms with van der Waals surface area (Å²) >= 11 is 0. The summed E-state index contributed by atoms with van der Waals surface area (Å²) in [4.78, 5) is 0. The normalized spacial score (nSPS) is 28.2. The number of ether oxygens (including phenoxy) is 1. The molecule has 0 saturated carbocycles. The molecule has 1 saturated heterocycles. The Hall–Kier alpha value is -0.860. The highest BCUT2D eigenvalue weighted by atomic mass is 16.5. The minimum Gasteiger partial charge on any atom is -0.378 e. The molecule has 2 nitrogen and oxygen atoms in total. The lowest BCUT2D eigenvalue weighted by Crippen LogP contribution is -2.15. The monoisotopic (exact) mass is 217 g/mol. The summed E-state index contributed by atoms with van der Waals surface area (Å²) in [7, 11) is 0. The molecule has 0 aliphatic carbocycles. The lowest BCUT2D eigenvalue weighted by Gasteiger charge is -2.15. The van der Waals surface area contributed by atoms with Gasteiger partial charge in [-0.25, -0.2) is 0 Å². The van der Waals surface area contributed by atoms with Gasteiger partial charge in [0.15, 0.2) is 0 Å². The van der Waals surface area contributed by atoms with Crippen LogP contribution >= 0.6 is 0 Å². The van der Waals surface area contributed by atoms with E-state index in [2.05, 4.69) is 29.6 Å². The number of fused-ring (bicyclic) bond motifs is 1. The van der Waals surface area contributed by atoms with Crippen molar-refractivity contribution in [2.45, 2.75) is 44.4 Å². The van der Waals surface area contributed by atoms with Gasteiger partial charge in [-0.05, 0) is 36.8 Å². The molecular formula is C14H19NO. The first-order valence-corrected chi connectivity index (χ1v) is 6.36. The molecule has 86 valence electrons. The summed E-state index contributed by atoms with van der Waals surface area (Å²) in [5.74, 6) is 0. The SMILES string of the molecule is c1ccc2c(c1)CNC2CCC1CCCO1. The predicted octanol–water partition coefficient (Wildman–Crippen LogP) is 2.79. The molecule has 1 fully saturated rings. The van der Waals surface area contributed by atoms with Gasteiger partial charge in [0.25, 0.3) is 0 Å². The molecule has 1 N–H and O–H groups in total. The van der Waals surface area contributed by atoms with Gasteiger partial charge in [0.2, 0.25) is 0 Å². The summed E-state index contributed by atoms with van der Waals surface area (Å²) in [6.45, 7) is 2.01. The van der Waals surface area contributed by atoms with E-state index in [1.54, 1.807) is 0 Å². The summed E-state index contributed by atoms with van der Waals surface area (Å²) < 4.78 is 5.67. The smallest absolute Gasteiger partial charge is 0.0576 e. The average Bonchev–Trinajstić information content (AvgIpc) is 2.96. The van der Waals surface area contributed by atoms with Crippen LogP contribution in [0.3, 0.4) is 0 Å². The molecule has 2 aliphatic heterocycles. The fraction of sp³-hybridized carbons (Fsp3) is 0.571. The highest BCUT2D eigenvalue weighted by molar-refractivity contribution is 5.33. The first-order valence-electron chi connectivity index (χ1n) is 6.36. The van der Waals surface area contributed by atoms with Crippen molar-refractivity contribution in [1.82, 2.24) is 5.32 Å². The van der Waals surface area contributed by atoms with E-state index >= 15 is 0 Å². The average molecular weight is 217 g/mol. The van der Waals surface area contributed by atoms with Crippen LogP contribution in [0.2, 0.25) is 0 Å². The van der Waals surface area contributed by atoms with Crippen LogP contribution < -0.4 is 5.32 Å². The van der Waals surface area contributed by atoms with Crippen LogP contribution in [0.25, 0.3) is 0 Å². The van der Waals surface area contributed by atoms with Crippen molar-refractivity contribution < 1.29 is 4.74 Å². The van der Waals surface area contributed by atoms with Crippen molar-refractivity contribution in [2.75, 3.05) is 6.61 Å². The third kappa shape index (κ3) is 2.00. The van der Waals surface area contributed by atoms with E-state index in [9.17, 15) is 0 Å². The predicted molar refractivity (Wildman–Crippen MR) is 64.2 cm³/mol. The molecule has 1 aromatic carbocycles. The quantitative estimate of drug-likeness (QED) is 0.840. The molecule has 3 rings (SSSR count). The summed E-state index contributed by atoms with van der Waals surface area (Å²) in [5, 5.41) is 3.59. The van der Waals surface area contributed by atoms with Gasteiger partial charge in [-0.2, -0.15) is 0 Å². The van der Waals surface area contributed by atoms with Gasteiger partial charge < -0.3 is 10.1 Å². The first kappa shape index (κ1) is 10.3. The van der Waals surface area contributed by atoms with E-state index in [0.717, 1.165) is 13.2 Å². The lowest BCUT2D eigenvalue weighted by atomic mass is 9.99. The summed E-state index contributed by atoms with van der Waals surface area (Å²) in [6, 6.07) is 9.32. The fourth-order valence-electron chi connectivity index (χ4n) is 2.86. The number of benzene rings is 1. The molecule has 2 unspecified atom stereocenters. The van der Waals surface area contributed by atoms with E-state index in [-0.39, 0.29) is 0 Å². The maximum absolute atomic E-state index is 5.67. The van der Waals surface area contributed by atoms with Crippen molar-refractivity contribution in [3.05, 3.63) is 35.4 Å². The highest BCUT2D eigenvalue weighted by Crippen LogP contribution is 2.30. The van der Waals surface area contributed by atoms with Crippen LogP contribution in [-0.2, 0) is 11.3 Å². The minimum atomic E-state index is 0.523. The molecule has 0 aromatic heterocycles. The Bertz CT molecular complexity index is 358. The van der Waals surface area contributed by atoms with Gasteiger partial charge in [-0.1, -0.05) is 24.3 Å². The van der Waals surface area contributed by atoms with E-state index in [4.69, 9.17) is 4.74 Å². The maximum Gasteiger partial charge on any atom is 0.0576 e. The molecule has 0 radical (unpaired) electrons. The van der Waals surface area contributed by atoms with Crippen LogP contribution in [0.15, 0.2) is 24.3 Å². The zero-order valence-corrected chi connectivity index (χ0v) is 9.61. The zero-order valence-electron chi connectivity index (χ0n) is 9.61. The second kappa shape index (κ2) is 4.56. The number of hydrogen-bond acceptors (Lipinski definition) is 2. The standard InChI is InChI=1S/C14H19NO/c1-2-6-13-11(4-1)10-15-14(13)8-7-12-5-3-9-16-12/h1-2,4,6,12,14-15H,3,5,7-10H2. The topological polar surface area (TPSA) is 21.3 Å². The second-order valence-electron chi connectivity index (χ2n) is 4.84. The molecule has 1 aromatic rings. The van der Waals surface area contributed by atoms with Crippen molar-refractivity contribution in [1.29, 1.82) is 0 Å². The summed E-state index contributed by atoms with van der Waals surface area (Å²) in [5.41, 5.74) is 2.97. The first-order chi connectivity index (χ1) is 7.93. The van der Waals surface area contributed by atoms with Crippen LogP contribution in [0, 0.1) is 0 Å². The van der Waals surface area contributed by atoms with Gasteiger partial charge >= 0.3 is 0 Å². The van der Waals surface area contributed by atoms with Crippen molar-refractivity contribution >= 4 is 0 Å². The van der Waals surface area contributed by atoms with Gasteiger partial charge in [-0.15, -0.1) is 0 Å². The maximum atomic E-state index is 5.67. The van der Waals surface area contributed by atoms with E-state index in [1.807, 2.05) is 0 Å². The van der Waals surface area contributed by atoms with Gasteiger partial charge in [0.05, 0.1) is 6.10 Å². The molecule has 2 aliphatic rings. The van der Waals surface area contributed by atoms with Gasteiger partial charge in [-0.3, -0.25) is 0 Å². The molecule has 0 amide bonds. The summed E-state index contributed by atoms with van der Waals surface area (Å²) in [6.07, 6.45) is 5.44. The Kier molecular flexibility index (Phi) is 2.94. The zero-order chi connectivity index (χ0) is 10.8. The number of hydrogen-bond donors (Lipinski definition) is 1. The third-order valence-electron chi connectivity index (χ3n) is 3.77. The fourth-order valence-corrected chi connectivity index (χ4v) is 2.86. The molecule has 2 heterocycles. The second-order valence-corrected chi connectivity index (χ2v) is 4.84. The molecule has 0 spiro atoms. The van der Waals surface area contributed by atoms with E-state index in [1.165, 1.54) is 36.8 Å². The van der Waals surface area contributed by atoms with Gasteiger partial charge in [0.1, 0.15) is 0 Å². The van der Waals surface area contributed by atoms with Crippen LogP contribution in [0.4, 0.5) is 0 Å². The molecule has 2 atom stereocenters. The lowest BCUT2D eigenvalue weighted by molar-refractivity contribution is 0.0999. The van der Waals surface area contributed by atoms with E-state index < -0.39 is 0 Å². The van der Waals surface area contributed by atoms with Crippen LogP contribution in [0.1, 0.15) is 42.9 Å². The number of nitrogens with one attached hydrogen (secondary N) is 1. The van der Waals surface area contributed by atoms with E-state index in [0.29, 0.717) is 12.1 Å². The minimum absolute atomic E-state index is 0.523. The van der Waals surface area contributed by atoms with Crippen LogP contribution in [-0.4, -0.2) is 12.7 Å². The molecule has 16 heavy (non-hydrogen) atoms. The largest absolute Gasteiger partial charge is 0.378 e. The van der Waals surface area contributed by atoms with Crippen molar-refractivity contribution in [2.24, 2.45) is 0 Å². The highest BCUT2D eigenvalue weighted by Gasteiger charge is 2.23. The number of rotatable bonds is 3. The molecule has 0 bridgehead atoms.